The first kappa shape index (κ1) is 19.2. The fourth-order valence-electron chi connectivity index (χ4n) is 4.06. The van der Waals surface area contributed by atoms with Crippen molar-refractivity contribution in [2.75, 3.05) is 19.6 Å². The molecule has 0 saturated carbocycles. The van der Waals surface area contributed by atoms with Crippen LogP contribution in [0.3, 0.4) is 0 Å². The van der Waals surface area contributed by atoms with Gasteiger partial charge in [-0.3, -0.25) is 9.59 Å². The van der Waals surface area contributed by atoms with E-state index < -0.39 is 0 Å². The summed E-state index contributed by atoms with van der Waals surface area (Å²) >= 11 is 0. The largest absolute Gasteiger partial charge is 0.490 e. The molecule has 1 fully saturated rings. The predicted molar refractivity (Wildman–Crippen MR) is 112 cm³/mol. The highest BCUT2D eigenvalue weighted by atomic mass is 16.5. The summed E-state index contributed by atoms with van der Waals surface area (Å²) < 4.78 is 6.02. The Morgan fingerprint density at radius 1 is 0.966 bits per heavy atom. The Morgan fingerprint density at radius 3 is 2.45 bits per heavy atom. The van der Waals surface area contributed by atoms with Crippen LogP contribution in [0.25, 0.3) is 0 Å². The van der Waals surface area contributed by atoms with Crippen LogP contribution in [-0.4, -0.2) is 47.4 Å². The van der Waals surface area contributed by atoms with Crippen LogP contribution < -0.4 is 4.74 Å². The minimum atomic E-state index is -0.0622. The maximum absolute atomic E-state index is 13.0. The maximum Gasteiger partial charge on any atom is 0.253 e. The standard InChI is InChI=1S/C24H26N2O3/c1-2-23(27)26-13-10-18-8-9-19(16-20(18)17-26)24(28)25-14-11-22(12-15-25)29-21-6-4-3-5-7-21/h2-9,16,22H,1,10-15,17H2. The van der Waals surface area contributed by atoms with E-state index >= 15 is 0 Å². The van der Waals surface area contributed by atoms with Crippen molar-refractivity contribution >= 4 is 11.8 Å². The lowest BCUT2D eigenvalue weighted by Crippen LogP contribution is -2.42. The zero-order chi connectivity index (χ0) is 20.2. The number of amides is 2. The van der Waals surface area contributed by atoms with E-state index in [1.54, 1.807) is 4.90 Å². The molecule has 5 heteroatoms. The first-order valence-corrected chi connectivity index (χ1v) is 10.2. The molecule has 0 aromatic heterocycles. The van der Waals surface area contributed by atoms with Crippen LogP contribution >= 0.6 is 0 Å². The van der Waals surface area contributed by atoms with Gasteiger partial charge in [-0.05, 0) is 47.9 Å². The zero-order valence-corrected chi connectivity index (χ0v) is 16.5. The Labute approximate surface area is 171 Å². The Hall–Kier alpha value is -3.08. The lowest BCUT2D eigenvalue weighted by molar-refractivity contribution is -0.126. The fraction of sp³-hybridized carbons (Fsp3) is 0.333. The smallest absolute Gasteiger partial charge is 0.253 e. The molecule has 2 aliphatic rings. The molecule has 2 aromatic carbocycles. The second kappa shape index (κ2) is 8.52. The predicted octanol–water partition coefficient (Wildman–Crippen LogP) is 3.44. The SMILES string of the molecule is C=CC(=O)N1CCc2ccc(C(=O)N3CCC(Oc4ccccc4)CC3)cc2C1. The fourth-order valence-corrected chi connectivity index (χ4v) is 4.06. The number of carbonyl (C=O) groups excluding carboxylic acids is 2. The third-order valence-electron chi connectivity index (χ3n) is 5.73. The average molecular weight is 390 g/mol. The van der Waals surface area contributed by atoms with Crippen LogP contribution in [0.5, 0.6) is 5.75 Å². The average Bonchev–Trinajstić information content (AvgIpc) is 2.78. The van der Waals surface area contributed by atoms with Gasteiger partial charge >= 0.3 is 0 Å². The van der Waals surface area contributed by atoms with E-state index in [4.69, 9.17) is 4.74 Å². The van der Waals surface area contributed by atoms with Gasteiger partial charge < -0.3 is 14.5 Å². The zero-order valence-electron chi connectivity index (χ0n) is 16.5. The molecule has 150 valence electrons. The number of nitrogens with zero attached hydrogens (tertiary/aromatic N) is 2. The summed E-state index contributed by atoms with van der Waals surface area (Å²) in [4.78, 5) is 28.6. The molecule has 29 heavy (non-hydrogen) atoms. The van der Waals surface area contributed by atoms with Crippen molar-refractivity contribution < 1.29 is 14.3 Å². The molecule has 5 nitrogen and oxygen atoms in total. The minimum Gasteiger partial charge on any atom is -0.490 e. The monoisotopic (exact) mass is 390 g/mol. The molecule has 0 radical (unpaired) electrons. The summed E-state index contributed by atoms with van der Waals surface area (Å²) in [6.07, 6.45) is 3.96. The molecule has 0 atom stereocenters. The van der Waals surface area contributed by atoms with Crippen molar-refractivity contribution in [2.45, 2.75) is 31.9 Å². The van der Waals surface area contributed by atoms with Crippen molar-refractivity contribution in [3.63, 3.8) is 0 Å². The molecule has 2 aromatic rings. The van der Waals surface area contributed by atoms with E-state index in [0.29, 0.717) is 31.7 Å². The number of fused-ring (bicyclic) bond motifs is 1. The summed E-state index contributed by atoms with van der Waals surface area (Å²) in [5.74, 6) is 0.872. The number of ether oxygens (including phenoxy) is 1. The molecule has 2 aliphatic heterocycles. The molecule has 0 unspecified atom stereocenters. The van der Waals surface area contributed by atoms with E-state index in [1.807, 2.05) is 53.4 Å². The summed E-state index contributed by atoms with van der Waals surface area (Å²) in [6, 6.07) is 15.7. The van der Waals surface area contributed by atoms with Crippen molar-refractivity contribution in [3.05, 3.63) is 77.9 Å². The molecule has 2 heterocycles. The molecule has 0 spiro atoms. The topological polar surface area (TPSA) is 49.9 Å². The number of likely N-dealkylation sites (tertiary alicyclic amines) is 1. The van der Waals surface area contributed by atoms with Gasteiger partial charge in [0.25, 0.3) is 5.91 Å². The van der Waals surface area contributed by atoms with Crippen molar-refractivity contribution in [1.82, 2.24) is 9.80 Å². The second-order valence-electron chi connectivity index (χ2n) is 7.62. The van der Waals surface area contributed by atoms with Gasteiger partial charge in [-0.2, -0.15) is 0 Å². The Balaban J connectivity index is 1.38. The van der Waals surface area contributed by atoms with Crippen molar-refractivity contribution in [1.29, 1.82) is 0 Å². The maximum atomic E-state index is 13.0. The number of carbonyl (C=O) groups is 2. The Morgan fingerprint density at radius 2 is 1.72 bits per heavy atom. The molecule has 1 saturated heterocycles. The summed E-state index contributed by atoms with van der Waals surface area (Å²) in [7, 11) is 0. The lowest BCUT2D eigenvalue weighted by atomic mass is 9.96. The molecule has 2 amide bonds. The van der Waals surface area contributed by atoms with E-state index in [1.165, 1.54) is 11.6 Å². The molecule has 0 bridgehead atoms. The van der Waals surface area contributed by atoms with Crippen LogP contribution in [0.2, 0.25) is 0 Å². The number of hydrogen-bond donors (Lipinski definition) is 0. The van der Waals surface area contributed by atoms with Gasteiger partial charge in [0.05, 0.1) is 0 Å². The van der Waals surface area contributed by atoms with E-state index in [0.717, 1.165) is 30.6 Å². The van der Waals surface area contributed by atoms with Gasteiger partial charge in [0.2, 0.25) is 5.91 Å². The molecular formula is C24H26N2O3. The number of benzene rings is 2. The summed E-state index contributed by atoms with van der Waals surface area (Å²) in [5.41, 5.74) is 2.96. The second-order valence-corrected chi connectivity index (χ2v) is 7.62. The highest BCUT2D eigenvalue weighted by molar-refractivity contribution is 5.94. The molecule has 0 N–H and O–H groups in total. The van der Waals surface area contributed by atoms with Crippen LogP contribution in [0.1, 0.15) is 34.3 Å². The van der Waals surface area contributed by atoms with Gasteiger partial charge in [0.15, 0.2) is 0 Å². The van der Waals surface area contributed by atoms with Gasteiger partial charge in [-0.1, -0.05) is 30.8 Å². The Kier molecular flexibility index (Phi) is 5.65. The number of piperidine rings is 1. The van der Waals surface area contributed by atoms with Gasteiger partial charge in [0, 0.05) is 44.6 Å². The van der Waals surface area contributed by atoms with Gasteiger partial charge in [-0.15, -0.1) is 0 Å². The summed E-state index contributed by atoms with van der Waals surface area (Å²) in [6.45, 7) is 6.18. The van der Waals surface area contributed by atoms with Crippen LogP contribution in [0.4, 0.5) is 0 Å². The van der Waals surface area contributed by atoms with Gasteiger partial charge in [-0.25, -0.2) is 0 Å². The molecular weight excluding hydrogens is 364 g/mol. The normalized spacial score (nSPS) is 16.8. The highest BCUT2D eigenvalue weighted by Crippen LogP contribution is 2.23. The van der Waals surface area contributed by atoms with E-state index in [9.17, 15) is 9.59 Å². The number of para-hydroxylation sites is 1. The summed E-state index contributed by atoms with van der Waals surface area (Å²) in [5, 5.41) is 0. The quantitative estimate of drug-likeness (QED) is 0.752. The Bertz CT molecular complexity index is 902. The third-order valence-corrected chi connectivity index (χ3v) is 5.73. The molecule has 4 rings (SSSR count). The minimum absolute atomic E-state index is 0.0538. The van der Waals surface area contributed by atoms with Crippen molar-refractivity contribution in [2.24, 2.45) is 0 Å². The van der Waals surface area contributed by atoms with Gasteiger partial charge in [0.1, 0.15) is 11.9 Å². The lowest BCUT2D eigenvalue weighted by Gasteiger charge is -2.33. The molecule has 0 aliphatic carbocycles. The number of hydrogen-bond acceptors (Lipinski definition) is 3. The van der Waals surface area contributed by atoms with Crippen LogP contribution in [-0.2, 0) is 17.8 Å². The van der Waals surface area contributed by atoms with E-state index in [2.05, 4.69) is 6.58 Å². The first-order chi connectivity index (χ1) is 14.1. The van der Waals surface area contributed by atoms with E-state index in [-0.39, 0.29) is 17.9 Å². The number of rotatable bonds is 4. The van der Waals surface area contributed by atoms with Crippen molar-refractivity contribution in [3.8, 4) is 5.75 Å². The first-order valence-electron chi connectivity index (χ1n) is 10.2. The highest BCUT2D eigenvalue weighted by Gasteiger charge is 2.26. The van der Waals surface area contributed by atoms with Crippen LogP contribution in [0.15, 0.2) is 61.2 Å². The third kappa shape index (κ3) is 4.34. The van der Waals surface area contributed by atoms with Crippen LogP contribution in [0, 0.1) is 0 Å².